The summed E-state index contributed by atoms with van der Waals surface area (Å²) in [6.07, 6.45) is 0.306. The fraction of sp³-hybridized carbons (Fsp3) is 0.273. The van der Waals surface area contributed by atoms with Crippen molar-refractivity contribution in [3.8, 4) is 5.75 Å². The fourth-order valence-corrected chi connectivity index (χ4v) is 7.06. The maximum Gasteiger partial charge on any atom is 0.238 e. The smallest absolute Gasteiger partial charge is 0.238 e. The number of phenolic OH excluding ortho intramolecular Hbond substituents is 1. The van der Waals surface area contributed by atoms with E-state index in [1.165, 1.54) is 4.90 Å². The molecule has 3 aliphatic rings. The quantitative estimate of drug-likeness (QED) is 0.282. The molecule has 4 aromatic carbocycles. The number of anilines is 3. The van der Waals surface area contributed by atoms with E-state index < -0.39 is 29.6 Å². The van der Waals surface area contributed by atoms with Gasteiger partial charge in [-0.2, -0.15) is 0 Å². The lowest BCUT2D eigenvalue weighted by Crippen LogP contribution is -2.52. The number of phenols is 1. The second kappa shape index (κ2) is 9.18. The molecule has 3 fully saturated rings. The largest absolute Gasteiger partial charge is 0.507 e. The van der Waals surface area contributed by atoms with E-state index in [2.05, 4.69) is 5.32 Å². The zero-order chi connectivity index (χ0) is 27.6. The molecular weight excluding hydrogens is 504 g/mol. The number of amides is 2. The maximum absolute atomic E-state index is 13.9. The molecule has 0 bridgehead atoms. The van der Waals surface area contributed by atoms with Crippen LogP contribution in [0.25, 0.3) is 10.8 Å². The van der Waals surface area contributed by atoms with Crippen LogP contribution in [-0.2, 0) is 14.3 Å². The number of hydrogen-bond acceptors (Lipinski definition) is 6. The first-order valence-electron chi connectivity index (χ1n) is 13.8. The van der Waals surface area contributed by atoms with Gasteiger partial charge in [0.2, 0.25) is 11.8 Å². The van der Waals surface area contributed by atoms with Crippen LogP contribution in [0.3, 0.4) is 0 Å². The minimum absolute atomic E-state index is 0.180. The molecule has 202 valence electrons. The summed E-state index contributed by atoms with van der Waals surface area (Å²) in [4.78, 5) is 28.9. The summed E-state index contributed by atoms with van der Waals surface area (Å²) in [5.41, 5.74) is 3.18. The second-order valence-corrected chi connectivity index (χ2v) is 11.2. The summed E-state index contributed by atoms with van der Waals surface area (Å²) in [6, 6.07) is 28.1. The van der Waals surface area contributed by atoms with Gasteiger partial charge in [-0.25, -0.2) is 0 Å². The molecule has 0 spiro atoms. The van der Waals surface area contributed by atoms with Gasteiger partial charge in [0.1, 0.15) is 5.75 Å². The number of aromatic hydroxyl groups is 1. The summed E-state index contributed by atoms with van der Waals surface area (Å²) < 4.78 is 6.39. The molecule has 1 aliphatic carbocycles. The lowest BCUT2D eigenvalue weighted by Gasteiger charge is -2.43. The number of aliphatic hydroxyl groups is 1. The summed E-state index contributed by atoms with van der Waals surface area (Å²) in [7, 11) is 0. The van der Waals surface area contributed by atoms with Crippen molar-refractivity contribution < 1.29 is 24.5 Å². The van der Waals surface area contributed by atoms with Gasteiger partial charge in [-0.1, -0.05) is 55.5 Å². The summed E-state index contributed by atoms with van der Waals surface area (Å²) >= 11 is 0. The van der Waals surface area contributed by atoms with E-state index in [-0.39, 0.29) is 23.5 Å². The molecule has 7 nitrogen and oxygen atoms in total. The SMILES string of the molecule is C[C@H]1C[C@@H]2C(=O)N(c3ccc(Nc4ccccc4)cc3)C(=O)[C@@H]2[C@@H]2C[C@@H](c3ccc(O)c4ccccc34)O[C@]12O. The van der Waals surface area contributed by atoms with Crippen molar-refractivity contribution in [1.82, 2.24) is 0 Å². The summed E-state index contributed by atoms with van der Waals surface area (Å²) in [5, 5.41) is 27.1. The van der Waals surface area contributed by atoms with Gasteiger partial charge in [-0.3, -0.25) is 14.5 Å². The molecule has 7 heteroatoms. The average Bonchev–Trinajstić information content (AvgIpc) is 3.44. The van der Waals surface area contributed by atoms with Gasteiger partial charge >= 0.3 is 0 Å². The lowest BCUT2D eigenvalue weighted by molar-refractivity contribution is -0.265. The predicted molar refractivity (Wildman–Crippen MR) is 152 cm³/mol. The zero-order valence-electron chi connectivity index (χ0n) is 22.0. The third-order valence-electron chi connectivity index (χ3n) is 9.02. The van der Waals surface area contributed by atoms with Gasteiger partial charge in [0.05, 0.1) is 23.6 Å². The van der Waals surface area contributed by atoms with Gasteiger partial charge < -0.3 is 20.3 Å². The van der Waals surface area contributed by atoms with E-state index in [9.17, 15) is 19.8 Å². The monoisotopic (exact) mass is 534 g/mol. The molecule has 0 radical (unpaired) electrons. The topological polar surface area (TPSA) is 99.1 Å². The van der Waals surface area contributed by atoms with Gasteiger partial charge in [0.25, 0.3) is 0 Å². The van der Waals surface area contributed by atoms with Gasteiger partial charge in [-0.15, -0.1) is 0 Å². The first kappa shape index (κ1) is 24.8. The van der Waals surface area contributed by atoms with Crippen molar-refractivity contribution in [3.63, 3.8) is 0 Å². The van der Waals surface area contributed by atoms with Crippen molar-refractivity contribution >= 4 is 39.6 Å². The minimum atomic E-state index is -1.53. The normalized spacial score (nSPS) is 29.4. The number of carbonyl (C=O) groups excluding carboxylic acids is 2. The highest BCUT2D eigenvalue weighted by atomic mass is 16.6. The van der Waals surface area contributed by atoms with E-state index in [1.807, 2.05) is 79.7 Å². The van der Waals surface area contributed by atoms with Crippen LogP contribution in [-0.4, -0.2) is 27.8 Å². The van der Waals surface area contributed by atoms with Crippen molar-refractivity contribution in [2.45, 2.75) is 31.7 Å². The number of para-hydroxylation sites is 1. The number of hydrogen-bond donors (Lipinski definition) is 3. The van der Waals surface area contributed by atoms with Crippen LogP contribution < -0.4 is 10.2 Å². The molecule has 7 rings (SSSR count). The number of benzene rings is 4. The Morgan fingerprint density at radius 2 is 1.50 bits per heavy atom. The highest BCUT2D eigenvalue weighted by Gasteiger charge is 2.66. The Balaban J connectivity index is 1.18. The highest BCUT2D eigenvalue weighted by molar-refractivity contribution is 6.22. The number of carbonyl (C=O) groups is 2. The van der Waals surface area contributed by atoms with Crippen LogP contribution in [0.5, 0.6) is 5.75 Å². The van der Waals surface area contributed by atoms with Crippen LogP contribution in [0.1, 0.15) is 31.4 Å². The number of rotatable bonds is 4. The molecule has 2 heterocycles. The lowest BCUT2D eigenvalue weighted by atomic mass is 9.65. The molecule has 4 aromatic rings. The van der Waals surface area contributed by atoms with Crippen molar-refractivity contribution in [1.29, 1.82) is 0 Å². The molecule has 0 aromatic heterocycles. The molecule has 1 saturated carbocycles. The number of imide groups is 1. The van der Waals surface area contributed by atoms with Crippen molar-refractivity contribution in [2.75, 3.05) is 10.2 Å². The maximum atomic E-state index is 13.9. The summed E-state index contributed by atoms with van der Waals surface area (Å²) in [5.74, 6) is -3.88. The van der Waals surface area contributed by atoms with Crippen molar-refractivity contribution in [2.24, 2.45) is 23.7 Å². The second-order valence-electron chi connectivity index (χ2n) is 11.2. The Kier molecular flexibility index (Phi) is 5.70. The molecule has 0 unspecified atom stereocenters. The third-order valence-corrected chi connectivity index (χ3v) is 9.02. The molecule has 40 heavy (non-hydrogen) atoms. The van der Waals surface area contributed by atoms with Gasteiger partial charge in [0.15, 0.2) is 5.79 Å². The number of nitrogens with zero attached hydrogens (tertiary/aromatic N) is 1. The molecule has 2 saturated heterocycles. The first-order valence-corrected chi connectivity index (χ1v) is 13.8. The van der Waals surface area contributed by atoms with Crippen LogP contribution >= 0.6 is 0 Å². The van der Waals surface area contributed by atoms with E-state index in [0.717, 1.165) is 22.3 Å². The molecular formula is C33H30N2O5. The fourth-order valence-electron chi connectivity index (χ4n) is 7.06. The Labute approximate surface area is 232 Å². The van der Waals surface area contributed by atoms with Gasteiger partial charge in [-0.05, 0) is 66.3 Å². The Morgan fingerprint density at radius 3 is 2.25 bits per heavy atom. The Morgan fingerprint density at radius 1 is 0.825 bits per heavy atom. The van der Waals surface area contributed by atoms with E-state index in [1.54, 1.807) is 18.2 Å². The van der Waals surface area contributed by atoms with Gasteiger partial charge in [0, 0.05) is 28.6 Å². The number of nitrogens with one attached hydrogen (secondary N) is 1. The Hall–Kier alpha value is -4.20. The zero-order valence-corrected chi connectivity index (χ0v) is 22.0. The predicted octanol–water partition coefficient (Wildman–Crippen LogP) is 5.90. The van der Waals surface area contributed by atoms with Crippen LogP contribution in [0.4, 0.5) is 17.1 Å². The van der Waals surface area contributed by atoms with E-state index >= 15 is 0 Å². The average molecular weight is 535 g/mol. The standard InChI is InChI=1S/C33H30N2O5/c1-19-17-26-30(27-18-29(40-33(19,27)39)25-15-16-28(36)24-10-6-5-9-23(24)25)32(38)35(31(26)37)22-13-11-21(12-14-22)34-20-7-3-2-4-8-20/h2-16,19,26-27,29-30,34,36,39H,17-18H2,1H3/t19-,26-,27-,29-,30-,33+/m0/s1. The van der Waals surface area contributed by atoms with Crippen molar-refractivity contribution in [3.05, 3.63) is 96.6 Å². The first-order chi connectivity index (χ1) is 19.3. The van der Waals surface area contributed by atoms with Crippen LogP contribution in [0.2, 0.25) is 0 Å². The number of fused-ring (bicyclic) bond motifs is 4. The molecule has 2 aliphatic heterocycles. The van der Waals surface area contributed by atoms with E-state index in [0.29, 0.717) is 23.9 Å². The van der Waals surface area contributed by atoms with E-state index in [4.69, 9.17) is 4.74 Å². The highest BCUT2D eigenvalue weighted by Crippen LogP contribution is 2.59. The minimum Gasteiger partial charge on any atom is -0.507 e. The third kappa shape index (κ3) is 3.73. The van der Waals surface area contributed by atoms with Crippen LogP contribution in [0, 0.1) is 23.7 Å². The molecule has 6 atom stereocenters. The number of ether oxygens (including phenoxy) is 1. The molecule has 2 amide bonds. The summed E-state index contributed by atoms with van der Waals surface area (Å²) in [6.45, 7) is 1.89. The Bertz CT molecular complexity index is 1620. The van der Waals surface area contributed by atoms with Crippen LogP contribution in [0.15, 0.2) is 91.0 Å². The molecule has 3 N–H and O–H groups in total.